The van der Waals surface area contributed by atoms with Crippen LogP contribution in [0.2, 0.25) is 0 Å². The molecule has 24 heavy (non-hydrogen) atoms. The van der Waals surface area contributed by atoms with E-state index in [9.17, 15) is 4.79 Å². The lowest BCUT2D eigenvalue weighted by Gasteiger charge is -2.33. The molecule has 3 rings (SSSR count). The highest BCUT2D eigenvalue weighted by atomic mass is 16.5. The van der Waals surface area contributed by atoms with Crippen LogP contribution in [0.5, 0.6) is 0 Å². The van der Waals surface area contributed by atoms with Crippen molar-refractivity contribution in [2.45, 2.75) is 33.4 Å². The molecule has 1 unspecified atom stereocenters. The maximum absolute atomic E-state index is 12.4. The minimum Gasteiger partial charge on any atom is -0.377 e. The van der Waals surface area contributed by atoms with Crippen molar-refractivity contribution in [3.8, 4) is 5.69 Å². The van der Waals surface area contributed by atoms with Crippen molar-refractivity contribution in [2.24, 2.45) is 0 Å². The van der Waals surface area contributed by atoms with Crippen LogP contribution in [0.25, 0.3) is 5.69 Å². The molecule has 0 saturated carbocycles. The molecule has 128 valence electrons. The molecule has 1 N–H and O–H groups in total. The third-order valence-corrected chi connectivity index (χ3v) is 4.49. The van der Waals surface area contributed by atoms with Gasteiger partial charge in [0, 0.05) is 24.3 Å². The predicted octanol–water partition coefficient (Wildman–Crippen LogP) is 2.42. The Kier molecular flexibility index (Phi) is 4.85. The predicted molar refractivity (Wildman–Crippen MR) is 92.3 cm³/mol. The molecule has 1 atom stereocenters. The van der Waals surface area contributed by atoms with Gasteiger partial charge in [0.05, 0.1) is 30.6 Å². The van der Waals surface area contributed by atoms with Gasteiger partial charge in [0.15, 0.2) is 0 Å². The lowest BCUT2D eigenvalue weighted by molar-refractivity contribution is 0.0189. The zero-order valence-corrected chi connectivity index (χ0v) is 14.5. The molecule has 2 aromatic rings. The number of urea groups is 1. The van der Waals surface area contributed by atoms with E-state index in [0.717, 1.165) is 22.6 Å². The summed E-state index contributed by atoms with van der Waals surface area (Å²) in [7, 11) is 0. The number of aryl methyl sites for hydroxylation is 1. The van der Waals surface area contributed by atoms with Crippen LogP contribution in [0.3, 0.4) is 0 Å². The Bertz CT molecular complexity index is 711. The molecule has 0 radical (unpaired) electrons. The highest BCUT2D eigenvalue weighted by Gasteiger charge is 2.24. The Morgan fingerprint density at radius 3 is 2.79 bits per heavy atom. The number of hydrogen-bond donors (Lipinski definition) is 1. The van der Waals surface area contributed by atoms with E-state index >= 15 is 0 Å². The van der Waals surface area contributed by atoms with Crippen LogP contribution >= 0.6 is 0 Å². The quantitative estimate of drug-likeness (QED) is 0.941. The summed E-state index contributed by atoms with van der Waals surface area (Å²) >= 11 is 0. The van der Waals surface area contributed by atoms with Gasteiger partial charge in [-0.05, 0) is 32.9 Å². The maximum Gasteiger partial charge on any atom is 0.318 e. The van der Waals surface area contributed by atoms with E-state index in [4.69, 9.17) is 4.74 Å². The maximum atomic E-state index is 12.4. The first-order valence-corrected chi connectivity index (χ1v) is 8.30. The van der Waals surface area contributed by atoms with Crippen LogP contribution in [-0.4, -0.2) is 46.5 Å². The fourth-order valence-corrected chi connectivity index (χ4v) is 3.05. The van der Waals surface area contributed by atoms with Crippen LogP contribution < -0.4 is 5.32 Å². The second kappa shape index (κ2) is 7.05. The third-order valence-electron chi connectivity index (χ3n) is 4.49. The standard InChI is InChI=1S/C18H24N4O2/c1-13-12-24-10-9-21(13)18(23)19-11-17-14(2)20-22(15(17)3)16-7-5-4-6-8-16/h4-8,13H,9-12H2,1-3H3,(H,19,23). The zero-order valence-electron chi connectivity index (χ0n) is 14.5. The average molecular weight is 328 g/mol. The summed E-state index contributed by atoms with van der Waals surface area (Å²) in [4.78, 5) is 14.2. The van der Waals surface area contributed by atoms with Crippen LogP contribution in [0.1, 0.15) is 23.9 Å². The largest absolute Gasteiger partial charge is 0.377 e. The number of nitrogens with zero attached hydrogens (tertiary/aromatic N) is 3. The fourth-order valence-electron chi connectivity index (χ4n) is 3.05. The minimum atomic E-state index is -0.0444. The fraction of sp³-hybridized carbons (Fsp3) is 0.444. The minimum absolute atomic E-state index is 0.0444. The smallest absolute Gasteiger partial charge is 0.318 e. The number of benzene rings is 1. The Hall–Kier alpha value is -2.34. The molecule has 1 aromatic heterocycles. The van der Waals surface area contributed by atoms with Crippen molar-refractivity contribution < 1.29 is 9.53 Å². The van der Waals surface area contributed by atoms with Crippen molar-refractivity contribution in [2.75, 3.05) is 19.8 Å². The van der Waals surface area contributed by atoms with Crippen molar-refractivity contribution in [1.29, 1.82) is 0 Å². The van der Waals surface area contributed by atoms with E-state index in [-0.39, 0.29) is 12.1 Å². The van der Waals surface area contributed by atoms with Crippen LogP contribution in [-0.2, 0) is 11.3 Å². The van der Waals surface area contributed by atoms with Gasteiger partial charge in [-0.25, -0.2) is 9.48 Å². The number of rotatable bonds is 3. The van der Waals surface area contributed by atoms with Gasteiger partial charge in [0.1, 0.15) is 0 Å². The SMILES string of the molecule is Cc1nn(-c2ccccc2)c(C)c1CNC(=O)N1CCOCC1C. The molecule has 1 aromatic carbocycles. The molecule has 2 amide bonds. The highest BCUT2D eigenvalue weighted by molar-refractivity contribution is 5.74. The van der Waals surface area contributed by atoms with Crippen LogP contribution in [0, 0.1) is 13.8 Å². The Morgan fingerprint density at radius 2 is 2.08 bits per heavy atom. The lowest BCUT2D eigenvalue weighted by atomic mass is 10.2. The number of hydrogen-bond acceptors (Lipinski definition) is 3. The average Bonchev–Trinajstić information content (AvgIpc) is 2.88. The summed E-state index contributed by atoms with van der Waals surface area (Å²) in [5, 5.41) is 7.64. The molecule has 0 bridgehead atoms. The third kappa shape index (κ3) is 3.28. The summed E-state index contributed by atoms with van der Waals surface area (Å²) in [6.07, 6.45) is 0. The topological polar surface area (TPSA) is 59.4 Å². The number of para-hydroxylation sites is 1. The van der Waals surface area contributed by atoms with Gasteiger partial charge in [-0.15, -0.1) is 0 Å². The van der Waals surface area contributed by atoms with Gasteiger partial charge in [0.2, 0.25) is 0 Å². The lowest BCUT2D eigenvalue weighted by Crippen LogP contribution is -2.51. The number of nitrogens with one attached hydrogen (secondary N) is 1. The molecular weight excluding hydrogens is 304 g/mol. The van der Waals surface area contributed by atoms with Gasteiger partial charge in [-0.3, -0.25) is 0 Å². The number of carbonyl (C=O) groups is 1. The number of morpholine rings is 1. The molecule has 1 saturated heterocycles. The van der Waals surface area contributed by atoms with E-state index in [1.165, 1.54) is 0 Å². The molecule has 1 aliphatic heterocycles. The molecule has 1 fully saturated rings. The van der Waals surface area contributed by atoms with E-state index in [1.54, 1.807) is 0 Å². The highest BCUT2D eigenvalue weighted by Crippen LogP contribution is 2.18. The summed E-state index contributed by atoms with van der Waals surface area (Å²) in [5.41, 5.74) is 4.08. The first-order chi connectivity index (χ1) is 11.6. The van der Waals surface area contributed by atoms with E-state index in [2.05, 4.69) is 10.4 Å². The molecule has 0 aliphatic carbocycles. The first kappa shape index (κ1) is 16.5. The molecule has 0 spiro atoms. The van der Waals surface area contributed by atoms with Gasteiger partial charge >= 0.3 is 6.03 Å². The van der Waals surface area contributed by atoms with Crippen molar-refractivity contribution in [3.05, 3.63) is 47.3 Å². The molecular formula is C18H24N4O2. The molecule has 2 heterocycles. The van der Waals surface area contributed by atoms with Gasteiger partial charge < -0.3 is 15.0 Å². The number of aromatic nitrogens is 2. The second-order valence-corrected chi connectivity index (χ2v) is 6.17. The molecule has 6 nitrogen and oxygen atoms in total. The van der Waals surface area contributed by atoms with Crippen molar-refractivity contribution in [3.63, 3.8) is 0 Å². The number of carbonyl (C=O) groups excluding carboxylic acids is 1. The first-order valence-electron chi connectivity index (χ1n) is 8.30. The van der Waals surface area contributed by atoms with Gasteiger partial charge in [-0.2, -0.15) is 5.10 Å². The van der Waals surface area contributed by atoms with E-state index in [1.807, 2.05) is 60.7 Å². The summed E-state index contributed by atoms with van der Waals surface area (Å²) in [5.74, 6) is 0. The Balaban J connectivity index is 1.72. The Morgan fingerprint density at radius 1 is 1.33 bits per heavy atom. The second-order valence-electron chi connectivity index (χ2n) is 6.17. The van der Waals surface area contributed by atoms with E-state index < -0.39 is 0 Å². The Labute approximate surface area is 142 Å². The monoisotopic (exact) mass is 328 g/mol. The van der Waals surface area contributed by atoms with Gasteiger partial charge in [-0.1, -0.05) is 18.2 Å². The van der Waals surface area contributed by atoms with Crippen LogP contribution in [0.15, 0.2) is 30.3 Å². The van der Waals surface area contributed by atoms with E-state index in [0.29, 0.717) is 26.3 Å². The number of ether oxygens (including phenoxy) is 1. The summed E-state index contributed by atoms with van der Waals surface area (Å²) < 4.78 is 7.31. The van der Waals surface area contributed by atoms with Gasteiger partial charge in [0.25, 0.3) is 0 Å². The normalized spacial score (nSPS) is 17.8. The van der Waals surface area contributed by atoms with Crippen molar-refractivity contribution in [1.82, 2.24) is 20.0 Å². The number of amides is 2. The van der Waals surface area contributed by atoms with Crippen molar-refractivity contribution >= 4 is 6.03 Å². The summed E-state index contributed by atoms with van der Waals surface area (Å²) in [6.45, 7) is 8.32. The summed E-state index contributed by atoms with van der Waals surface area (Å²) in [6, 6.07) is 10.1. The molecule has 6 heteroatoms. The van der Waals surface area contributed by atoms with Crippen LogP contribution in [0.4, 0.5) is 4.79 Å². The molecule has 1 aliphatic rings. The zero-order chi connectivity index (χ0) is 17.1.